The second-order valence-electron chi connectivity index (χ2n) is 3.21. The number of carbonyl (C=O) groups excluding carboxylic acids is 1. The number of hydrazone groups is 1. The molecule has 1 aliphatic heterocycles. The number of amides is 1. The highest BCUT2D eigenvalue weighted by molar-refractivity contribution is 6.05. The number of nitrogens with zero attached hydrogens (tertiary/aromatic N) is 1. The summed E-state index contributed by atoms with van der Waals surface area (Å²) >= 11 is 0. The fourth-order valence-corrected chi connectivity index (χ4v) is 1.37. The minimum absolute atomic E-state index is 0.218. The van der Waals surface area contributed by atoms with E-state index in [4.69, 9.17) is 5.73 Å². The zero-order chi connectivity index (χ0) is 9.97. The first kappa shape index (κ1) is 8.90. The molecule has 1 unspecified atom stereocenters. The molecule has 14 heavy (non-hydrogen) atoms. The van der Waals surface area contributed by atoms with Crippen LogP contribution in [0.15, 0.2) is 35.4 Å². The summed E-state index contributed by atoms with van der Waals surface area (Å²) in [5.74, 6) is -0.218. The van der Waals surface area contributed by atoms with Gasteiger partial charge in [0.2, 0.25) is 0 Å². The third-order valence-electron chi connectivity index (χ3n) is 2.16. The average Bonchev–Trinajstić information content (AvgIpc) is 2.23. The van der Waals surface area contributed by atoms with Gasteiger partial charge >= 0.3 is 0 Å². The van der Waals surface area contributed by atoms with Crippen LogP contribution in [-0.4, -0.2) is 17.7 Å². The fourth-order valence-electron chi connectivity index (χ4n) is 1.37. The Kier molecular flexibility index (Phi) is 2.28. The summed E-state index contributed by atoms with van der Waals surface area (Å²) < 4.78 is 0. The second kappa shape index (κ2) is 3.59. The molecule has 1 aromatic rings. The van der Waals surface area contributed by atoms with Crippen molar-refractivity contribution in [3.63, 3.8) is 0 Å². The Morgan fingerprint density at radius 1 is 1.36 bits per heavy atom. The lowest BCUT2D eigenvalue weighted by molar-refractivity contribution is -0.122. The van der Waals surface area contributed by atoms with Gasteiger partial charge in [-0.15, -0.1) is 0 Å². The molecule has 0 fully saturated rings. The van der Waals surface area contributed by atoms with Crippen molar-refractivity contribution < 1.29 is 4.79 Å². The lowest BCUT2D eigenvalue weighted by Gasteiger charge is -2.17. The Hall–Kier alpha value is -1.68. The van der Waals surface area contributed by atoms with E-state index < -0.39 is 6.04 Å². The van der Waals surface area contributed by atoms with Gasteiger partial charge < -0.3 is 5.73 Å². The molecule has 1 amide bonds. The summed E-state index contributed by atoms with van der Waals surface area (Å²) in [4.78, 5) is 11.0. The van der Waals surface area contributed by atoms with Gasteiger partial charge in [0.15, 0.2) is 0 Å². The Balaban J connectivity index is 2.25. The fraction of sp³-hybridized carbons (Fsp3) is 0.200. The quantitative estimate of drug-likeness (QED) is 0.664. The molecule has 72 valence electrons. The normalized spacial score (nSPS) is 21.4. The molecule has 1 atom stereocenters. The lowest BCUT2D eigenvalue weighted by atomic mass is 10.0. The molecule has 1 heterocycles. The summed E-state index contributed by atoms with van der Waals surface area (Å²) in [6.07, 6.45) is 0.496. The van der Waals surface area contributed by atoms with Crippen LogP contribution in [0, 0.1) is 0 Å². The molecule has 0 radical (unpaired) electrons. The van der Waals surface area contributed by atoms with E-state index in [1.165, 1.54) is 0 Å². The maximum Gasteiger partial charge on any atom is 0.257 e. The van der Waals surface area contributed by atoms with E-state index in [1.54, 1.807) is 0 Å². The first-order valence-electron chi connectivity index (χ1n) is 4.45. The average molecular weight is 189 g/mol. The monoisotopic (exact) mass is 189 g/mol. The number of benzene rings is 1. The van der Waals surface area contributed by atoms with E-state index >= 15 is 0 Å². The van der Waals surface area contributed by atoms with Gasteiger partial charge in [-0.3, -0.25) is 4.79 Å². The molecule has 0 aromatic heterocycles. The Morgan fingerprint density at radius 2 is 2.07 bits per heavy atom. The predicted octanol–water partition coefficient (Wildman–Crippen LogP) is 0.238. The van der Waals surface area contributed by atoms with Crippen molar-refractivity contribution in [3.8, 4) is 0 Å². The van der Waals surface area contributed by atoms with Gasteiger partial charge in [0.1, 0.15) is 0 Å². The van der Waals surface area contributed by atoms with Crippen LogP contribution in [0.3, 0.4) is 0 Å². The number of hydrogen-bond acceptors (Lipinski definition) is 3. The van der Waals surface area contributed by atoms with Crippen LogP contribution in [-0.2, 0) is 4.79 Å². The van der Waals surface area contributed by atoms with Gasteiger partial charge in [-0.05, 0) is 5.56 Å². The lowest BCUT2D eigenvalue weighted by Crippen LogP contribution is -2.44. The summed E-state index contributed by atoms with van der Waals surface area (Å²) in [7, 11) is 0. The van der Waals surface area contributed by atoms with E-state index in [0.29, 0.717) is 6.42 Å². The van der Waals surface area contributed by atoms with Crippen LogP contribution in [0.2, 0.25) is 0 Å². The van der Waals surface area contributed by atoms with Crippen LogP contribution in [0.4, 0.5) is 0 Å². The standard InChI is InChI=1S/C10H11N3O/c11-8-6-9(12-13-10(8)14)7-4-2-1-3-5-7/h1-5,8H,6,11H2,(H,13,14). The molecule has 1 aromatic carbocycles. The van der Waals surface area contributed by atoms with Gasteiger partial charge in [0.05, 0.1) is 11.8 Å². The summed E-state index contributed by atoms with van der Waals surface area (Å²) in [5, 5.41) is 3.97. The first-order valence-corrected chi connectivity index (χ1v) is 4.45. The van der Waals surface area contributed by atoms with E-state index in [1.807, 2.05) is 30.3 Å². The van der Waals surface area contributed by atoms with Crippen LogP contribution >= 0.6 is 0 Å². The first-order chi connectivity index (χ1) is 6.77. The molecule has 4 nitrogen and oxygen atoms in total. The number of carbonyl (C=O) groups is 1. The van der Waals surface area contributed by atoms with Gasteiger partial charge in [-0.1, -0.05) is 30.3 Å². The number of nitrogens with one attached hydrogen (secondary N) is 1. The van der Waals surface area contributed by atoms with Crippen molar-refractivity contribution in [2.45, 2.75) is 12.5 Å². The summed E-state index contributed by atoms with van der Waals surface area (Å²) in [6.45, 7) is 0. The van der Waals surface area contributed by atoms with E-state index in [2.05, 4.69) is 10.5 Å². The van der Waals surface area contributed by atoms with Gasteiger partial charge in [0, 0.05) is 6.42 Å². The molecule has 0 saturated carbocycles. The Morgan fingerprint density at radius 3 is 2.71 bits per heavy atom. The molecule has 2 rings (SSSR count). The third-order valence-corrected chi connectivity index (χ3v) is 2.16. The zero-order valence-corrected chi connectivity index (χ0v) is 7.60. The van der Waals surface area contributed by atoms with Crippen LogP contribution < -0.4 is 11.2 Å². The van der Waals surface area contributed by atoms with Crippen molar-refractivity contribution in [3.05, 3.63) is 35.9 Å². The van der Waals surface area contributed by atoms with E-state index in [9.17, 15) is 4.79 Å². The molecule has 1 aliphatic rings. The Bertz CT molecular complexity index is 372. The molecule has 3 N–H and O–H groups in total. The van der Waals surface area contributed by atoms with Crippen LogP contribution in [0.25, 0.3) is 0 Å². The van der Waals surface area contributed by atoms with Crippen LogP contribution in [0.5, 0.6) is 0 Å². The highest BCUT2D eigenvalue weighted by Gasteiger charge is 2.21. The molecule has 0 aliphatic carbocycles. The van der Waals surface area contributed by atoms with Gasteiger partial charge in [-0.2, -0.15) is 5.10 Å². The maximum atomic E-state index is 11.0. The Labute approximate surface area is 81.8 Å². The number of hydrogen-bond donors (Lipinski definition) is 2. The minimum Gasteiger partial charge on any atom is -0.320 e. The second-order valence-corrected chi connectivity index (χ2v) is 3.21. The molecule has 0 bridgehead atoms. The van der Waals surface area contributed by atoms with Crippen molar-refractivity contribution in [2.75, 3.05) is 0 Å². The molecule has 0 saturated heterocycles. The zero-order valence-electron chi connectivity index (χ0n) is 7.60. The predicted molar refractivity (Wildman–Crippen MR) is 53.7 cm³/mol. The van der Waals surface area contributed by atoms with E-state index in [0.717, 1.165) is 11.3 Å². The minimum atomic E-state index is -0.484. The SMILES string of the molecule is NC1CC(c2ccccc2)=NNC1=O. The molecular formula is C10H11N3O. The highest BCUT2D eigenvalue weighted by Crippen LogP contribution is 2.08. The molecular weight excluding hydrogens is 178 g/mol. The highest BCUT2D eigenvalue weighted by atomic mass is 16.2. The maximum absolute atomic E-state index is 11.0. The molecule has 0 spiro atoms. The van der Waals surface area contributed by atoms with Crippen molar-refractivity contribution in [1.82, 2.24) is 5.43 Å². The topological polar surface area (TPSA) is 67.5 Å². The number of nitrogens with two attached hydrogens (primary N) is 1. The van der Waals surface area contributed by atoms with Gasteiger partial charge in [0.25, 0.3) is 5.91 Å². The third kappa shape index (κ3) is 1.65. The van der Waals surface area contributed by atoms with Crippen LogP contribution in [0.1, 0.15) is 12.0 Å². The van der Waals surface area contributed by atoms with Crippen molar-refractivity contribution in [1.29, 1.82) is 0 Å². The summed E-state index contributed by atoms with van der Waals surface area (Å²) in [5.41, 5.74) is 9.85. The van der Waals surface area contributed by atoms with Crippen molar-refractivity contribution >= 4 is 11.6 Å². The smallest absolute Gasteiger partial charge is 0.257 e. The van der Waals surface area contributed by atoms with Crippen molar-refractivity contribution in [2.24, 2.45) is 10.8 Å². The van der Waals surface area contributed by atoms with E-state index in [-0.39, 0.29) is 5.91 Å². The molecule has 4 heteroatoms. The van der Waals surface area contributed by atoms with Gasteiger partial charge in [-0.25, -0.2) is 5.43 Å². The number of rotatable bonds is 1. The largest absolute Gasteiger partial charge is 0.320 e. The summed E-state index contributed by atoms with van der Waals surface area (Å²) in [6, 6.07) is 9.21.